The molecule has 4 aromatic carbocycles. The minimum Gasteiger partial charge on any atom is -0.453 e. The number of likely N-dealkylation sites (N-methyl/N-ethyl adjacent to an activating group) is 2. The second-order valence-electron chi connectivity index (χ2n) is 17.7. The van der Waals surface area contributed by atoms with E-state index in [-0.39, 0.29) is 35.2 Å². The zero-order valence-electron chi connectivity index (χ0n) is 38.1. The molecule has 2 fully saturated rings. The molecule has 4 atom stereocenters. The molecule has 1 aliphatic heterocycles. The van der Waals surface area contributed by atoms with Gasteiger partial charge in [-0.2, -0.15) is 0 Å². The van der Waals surface area contributed by atoms with E-state index >= 15 is 0 Å². The number of imidazole rings is 2. The number of ether oxygens (including phenoxy) is 2. The first-order chi connectivity index (χ1) is 31.4. The quantitative estimate of drug-likeness (QED) is 0.0974. The molecule has 1 saturated carbocycles. The van der Waals surface area contributed by atoms with E-state index in [0.717, 1.165) is 69.5 Å². The van der Waals surface area contributed by atoms with Crippen molar-refractivity contribution in [2.75, 3.05) is 34.4 Å². The normalized spacial score (nSPS) is 16.6. The number of benzene rings is 4. The van der Waals surface area contributed by atoms with Crippen LogP contribution in [0.2, 0.25) is 0 Å². The maximum absolute atomic E-state index is 14.2. The van der Waals surface area contributed by atoms with Gasteiger partial charge in [0, 0.05) is 25.7 Å². The van der Waals surface area contributed by atoms with E-state index in [0.29, 0.717) is 30.9 Å². The van der Waals surface area contributed by atoms with Crippen LogP contribution in [0, 0.1) is 11.3 Å². The van der Waals surface area contributed by atoms with Crippen molar-refractivity contribution < 1.29 is 28.7 Å². The van der Waals surface area contributed by atoms with Crippen LogP contribution < -0.4 is 5.32 Å². The molecule has 2 aliphatic rings. The average Bonchev–Trinajstić information content (AvgIpc) is 3.65. The third kappa shape index (κ3) is 9.07. The van der Waals surface area contributed by atoms with Crippen LogP contribution in [0.3, 0.4) is 0 Å². The third-order valence-electron chi connectivity index (χ3n) is 13.2. The van der Waals surface area contributed by atoms with Gasteiger partial charge in [0.1, 0.15) is 23.7 Å². The number of methoxy groups -OCH3 is 2. The van der Waals surface area contributed by atoms with Gasteiger partial charge in [0.25, 0.3) is 5.91 Å². The number of aromatic amines is 2. The number of likely N-dealkylation sites (tertiary alicyclic amines) is 1. The van der Waals surface area contributed by atoms with Crippen LogP contribution in [-0.2, 0) is 19.1 Å². The molecule has 0 radical (unpaired) electrons. The smallest absolute Gasteiger partial charge is 0.409 e. The Hall–Kier alpha value is -6.96. The van der Waals surface area contributed by atoms with E-state index < -0.39 is 24.3 Å². The van der Waals surface area contributed by atoms with Crippen molar-refractivity contribution in [2.24, 2.45) is 11.3 Å². The Morgan fingerprint density at radius 3 is 2.08 bits per heavy atom. The number of carbonyl (C=O) groups is 4. The molecule has 14 heteroatoms. The Morgan fingerprint density at radius 1 is 0.815 bits per heavy atom. The maximum Gasteiger partial charge on any atom is 0.409 e. The summed E-state index contributed by atoms with van der Waals surface area (Å²) < 4.78 is 9.83. The zero-order valence-corrected chi connectivity index (χ0v) is 38.1. The number of amides is 4. The van der Waals surface area contributed by atoms with Crippen molar-refractivity contribution >= 4 is 34.8 Å². The predicted octanol–water partition coefficient (Wildman–Crippen LogP) is 9.46. The second kappa shape index (κ2) is 18.6. The Morgan fingerprint density at radius 2 is 1.45 bits per heavy atom. The highest BCUT2D eigenvalue weighted by molar-refractivity contribution is 5.91. The Bertz CT molecular complexity index is 2670. The lowest BCUT2D eigenvalue weighted by atomic mass is 9.98. The van der Waals surface area contributed by atoms with E-state index in [1.54, 1.807) is 18.1 Å². The monoisotopic (exact) mass is 878 g/mol. The number of carbonyl (C=O) groups excluding carboxylic acids is 4. The molecule has 8 rings (SSSR count). The molecule has 0 bridgehead atoms. The molecule has 65 heavy (non-hydrogen) atoms. The number of fused-ring (bicyclic) bond motifs is 1. The number of aromatic nitrogens is 4. The van der Waals surface area contributed by atoms with Crippen molar-refractivity contribution in [2.45, 2.75) is 77.5 Å². The van der Waals surface area contributed by atoms with Crippen molar-refractivity contribution in [3.63, 3.8) is 0 Å². The van der Waals surface area contributed by atoms with Crippen LogP contribution in [0.5, 0.6) is 0 Å². The number of hydrogen-bond donors (Lipinski definition) is 3. The standard InChI is InChI=1S/C51H58N8O6/c1-8-41(58(9-2)47(60)43(56-49(62)64-6)34-13-11-10-12-14-34)45-52-28-39(54-45)33-17-15-32(16-18-33)35-19-20-37-26-38(22-21-36(37)25-35)40-29-53-46(55-40)42-27-51(23-24-51)30-59(42)48(61)44(31(3)4)57(5)50(63)65-7/h10-22,25-26,28-29,31,41-44H,8-9,23-24,27,30H2,1-7H3,(H,52,54)(H,53,55)(H,56,62)/t41-,42-,43+,44-/m0/s1. The lowest BCUT2D eigenvalue weighted by Gasteiger charge is -2.34. The zero-order chi connectivity index (χ0) is 46.0. The van der Waals surface area contributed by atoms with Crippen LogP contribution in [-0.4, -0.2) is 99.0 Å². The van der Waals surface area contributed by atoms with Gasteiger partial charge in [0.05, 0.1) is 50.1 Å². The molecule has 3 heterocycles. The molecular formula is C51H58N8O6. The molecule has 1 spiro atoms. The predicted molar refractivity (Wildman–Crippen MR) is 249 cm³/mol. The summed E-state index contributed by atoms with van der Waals surface area (Å²) in [5.41, 5.74) is 6.60. The molecule has 1 saturated heterocycles. The Kier molecular flexibility index (Phi) is 12.8. The summed E-state index contributed by atoms with van der Waals surface area (Å²) in [4.78, 5) is 74.7. The number of H-pyrrole nitrogens is 2. The van der Waals surface area contributed by atoms with Gasteiger partial charge >= 0.3 is 12.2 Å². The summed E-state index contributed by atoms with van der Waals surface area (Å²) in [6.45, 7) is 8.91. The summed E-state index contributed by atoms with van der Waals surface area (Å²) in [6.07, 6.45) is 6.06. The Labute approximate surface area is 379 Å². The highest BCUT2D eigenvalue weighted by atomic mass is 16.5. The molecule has 1 aliphatic carbocycles. The van der Waals surface area contributed by atoms with Crippen LogP contribution in [0.25, 0.3) is 44.4 Å². The van der Waals surface area contributed by atoms with E-state index in [1.807, 2.05) is 69.1 Å². The average molecular weight is 879 g/mol. The Balaban J connectivity index is 0.965. The van der Waals surface area contributed by atoms with Crippen LogP contribution >= 0.6 is 0 Å². The number of nitrogens with one attached hydrogen (secondary N) is 3. The summed E-state index contributed by atoms with van der Waals surface area (Å²) in [5, 5.41) is 4.91. The second-order valence-corrected chi connectivity index (χ2v) is 17.7. The summed E-state index contributed by atoms with van der Waals surface area (Å²) in [7, 11) is 4.24. The first kappa shape index (κ1) is 44.6. The summed E-state index contributed by atoms with van der Waals surface area (Å²) >= 11 is 0. The van der Waals surface area contributed by atoms with Crippen molar-refractivity contribution in [3.8, 4) is 33.6 Å². The molecule has 2 aromatic heterocycles. The van der Waals surface area contributed by atoms with Gasteiger partial charge in [0.15, 0.2) is 0 Å². The van der Waals surface area contributed by atoms with Crippen molar-refractivity contribution in [3.05, 3.63) is 121 Å². The van der Waals surface area contributed by atoms with Gasteiger partial charge in [-0.15, -0.1) is 0 Å². The van der Waals surface area contributed by atoms with Gasteiger partial charge in [-0.3, -0.25) is 14.5 Å². The summed E-state index contributed by atoms with van der Waals surface area (Å²) in [5.74, 6) is 0.994. The van der Waals surface area contributed by atoms with Crippen LogP contribution in [0.1, 0.15) is 88.7 Å². The van der Waals surface area contributed by atoms with Gasteiger partial charge in [0.2, 0.25) is 5.91 Å². The SMILES string of the molecule is CC[C@@H](c1ncc(-c2ccc(-c3ccc4cc(-c5cnc([C@@H]6CC7(CC7)CN6C(=O)[C@H](C(C)C)N(C)C(=O)OC)[nH]5)ccc4c3)cc2)[nH]1)N(CC)C(=O)[C@H](NC(=O)OC)c1ccccc1. The fourth-order valence-electron chi connectivity index (χ4n) is 9.50. The van der Waals surface area contributed by atoms with Gasteiger partial charge < -0.3 is 34.6 Å². The third-order valence-corrected chi connectivity index (χ3v) is 13.2. The van der Waals surface area contributed by atoms with E-state index in [1.165, 1.54) is 19.1 Å². The molecule has 4 amide bonds. The van der Waals surface area contributed by atoms with E-state index in [9.17, 15) is 19.2 Å². The highest BCUT2D eigenvalue weighted by Gasteiger charge is 2.55. The van der Waals surface area contributed by atoms with Crippen molar-refractivity contribution in [1.29, 1.82) is 0 Å². The lowest BCUT2D eigenvalue weighted by molar-refractivity contribution is -0.139. The van der Waals surface area contributed by atoms with Crippen molar-refractivity contribution in [1.82, 2.24) is 40.0 Å². The van der Waals surface area contributed by atoms with E-state index in [2.05, 4.69) is 75.9 Å². The fraction of sp³-hybridized carbons (Fsp3) is 0.373. The largest absolute Gasteiger partial charge is 0.453 e. The van der Waals surface area contributed by atoms with Gasteiger partial charge in [-0.05, 0) is 89.1 Å². The molecule has 338 valence electrons. The first-order valence-corrected chi connectivity index (χ1v) is 22.4. The fourth-order valence-corrected chi connectivity index (χ4v) is 9.50. The minimum atomic E-state index is -0.919. The topological polar surface area (TPSA) is 166 Å². The van der Waals surface area contributed by atoms with Crippen LogP contribution in [0.4, 0.5) is 9.59 Å². The molecule has 3 N–H and O–H groups in total. The van der Waals surface area contributed by atoms with Gasteiger partial charge in [-0.25, -0.2) is 19.6 Å². The first-order valence-electron chi connectivity index (χ1n) is 22.4. The van der Waals surface area contributed by atoms with E-state index in [4.69, 9.17) is 19.4 Å². The number of nitrogens with zero attached hydrogens (tertiary/aromatic N) is 5. The molecule has 14 nitrogen and oxygen atoms in total. The number of alkyl carbamates (subject to hydrolysis) is 1. The maximum atomic E-state index is 14.2. The van der Waals surface area contributed by atoms with Crippen LogP contribution in [0.15, 0.2) is 103 Å². The molecule has 6 aromatic rings. The molecule has 0 unspecified atom stereocenters. The number of rotatable bonds is 14. The lowest BCUT2D eigenvalue weighted by Crippen LogP contribution is -2.52. The summed E-state index contributed by atoms with van der Waals surface area (Å²) in [6, 6.07) is 28.2. The minimum absolute atomic E-state index is 0.0777. The highest BCUT2D eigenvalue weighted by Crippen LogP contribution is 2.58. The molecular weight excluding hydrogens is 821 g/mol. The number of hydrogen-bond acceptors (Lipinski definition) is 8. The van der Waals surface area contributed by atoms with Gasteiger partial charge in [-0.1, -0.05) is 99.6 Å².